The zero-order valence-electron chi connectivity index (χ0n) is 6.54. The number of hydrogen-bond donors (Lipinski definition) is 2. The van der Waals surface area contributed by atoms with Crippen molar-refractivity contribution in [2.45, 2.75) is 0 Å². The Kier molecular flexibility index (Phi) is 1.55. The number of aromatic nitrogens is 2. The normalized spacial score (nSPS) is 10.0. The molecule has 0 aliphatic heterocycles. The molecule has 0 bridgehead atoms. The van der Waals surface area contributed by atoms with Gasteiger partial charge in [-0.3, -0.25) is 5.10 Å². The first-order valence-corrected chi connectivity index (χ1v) is 3.71. The number of rotatable bonds is 2. The van der Waals surface area contributed by atoms with Gasteiger partial charge in [0.05, 0.1) is 11.7 Å². The van der Waals surface area contributed by atoms with E-state index in [1.807, 2.05) is 18.2 Å². The van der Waals surface area contributed by atoms with Crippen molar-refractivity contribution in [3.8, 4) is 0 Å². The van der Waals surface area contributed by atoms with Crippen LogP contribution in [0.3, 0.4) is 0 Å². The zero-order valence-corrected chi connectivity index (χ0v) is 6.54. The molecule has 0 fully saturated rings. The molecule has 1 aromatic heterocycles. The summed E-state index contributed by atoms with van der Waals surface area (Å²) in [6.45, 7) is 3.61. The van der Waals surface area contributed by atoms with Crippen molar-refractivity contribution < 1.29 is 0 Å². The second kappa shape index (κ2) is 2.70. The highest BCUT2D eigenvalue weighted by atomic mass is 15.1. The highest BCUT2D eigenvalue weighted by molar-refractivity contribution is 5.91. The van der Waals surface area contributed by atoms with Gasteiger partial charge in [0, 0.05) is 11.1 Å². The van der Waals surface area contributed by atoms with Crippen LogP contribution in [0.15, 0.2) is 37.2 Å². The van der Waals surface area contributed by atoms with Gasteiger partial charge in [-0.15, -0.1) is 0 Å². The van der Waals surface area contributed by atoms with E-state index < -0.39 is 0 Å². The maximum Gasteiger partial charge on any atom is 0.0671 e. The van der Waals surface area contributed by atoms with Gasteiger partial charge in [0.2, 0.25) is 0 Å². The summed E-state index contributed by atoms with van der Waals surface area (Å²) in [5.41, 5.74) is 2.05. The van der Waals surface area contributed by atoms with E-state index in [0.29, 0.717) is 0 Å². The third-order valence-corrected chi connectivity index (χ3v) is 1.74. The van der Waals surface area contributed by atoms with Gasteiger partial charge in [-0.2, -0.15) is 5.10 Å². The van der Waals surface area contributed by atoms with Crippen LogP contribution < -0.4 is 5.32 Å². The Bertz CT molecular complexity index is 403. The van der Waals surface area contributed by atoms with Crippen molar-refractivity contribution in [3.05, 3.63) is 37.2 Å². The van der Waals surface area contributed by atoms with Gasteiger partial charge in [0.15, 0.2) is 0 Å². The van der Waals surface area contributed by atoms with Crippen LogP contribution in [0.1, 0.15) is 0 Å². The van der Waals surface area contributed by atoms with Crippen molar-refractivity contribution in [2.24, 2.45) is 0 Å². The van der Waals surface area contributed by atoms with Crippen molar-refractivity contribution in [2.75, 3.05) is 5.32 Å². The molecule has 0 saturated carbocycles. The molecule has 0 saturated heterocycles. The summed E-state index contributed by atoms with van der Waals surface area (Å²) in [7, 11) is 0. The van der Waals surface area contributed by atoms with Gasteiger partial charge in [0.1, 0.15) is 0 Å². The van der Waals surface area contributed by atoms with Gasteiger partial charge in [-0.25, -0.2) is 0 Å². The summed E-state index contributed by atoms with van der Waals surface area (Å²) in [5, 5.41) is 11.0. The summed E-state index contributed by atoms with van der Waals surface area (Å²) >= 11 is 0. The van der Waals surface area contributed by atoms with Crippen LogP contribution >= 0.6 is 0 Å². The molecule has 0 amide bonds. The van der Waals surface area contributed by atoms with Gasteiger partial charge in [-0.1, -0.05) is 12.6 Å². The molecule has 0 aliphatic rings. The summed E-state index contributed by atoms with van der Waals surface area (Å²) in [6, 6.07) is 5.93. The molecular weight excluding hydrogens is 150 g/mol. The minimum atomic E-state index is 1.02. The van der Waals surface area contributed by atoms with Crippen molar-refractivity contribution in [1.82, 2.24) is 10.2 Å². The van der Waals surface area contributed by atoms with Crippen LogP contribution in [0.4, 0.5) is 5.69 Å². The van der Waals surface area contributed by atoms with E-state index in [4.69, 9.17) is 0 Å². The number of H-pyrrole nitrogens is 1. The van der Waals surface area contributed by atoms with E-state index in [1.165, 1.54) is 0 Å². The van der Waals surface area contributed by atoms with E-state index >= 15 is 0 Å². The van der Waals surface area contributed by atoms with Crippen LogP contribution in [-0.2, 0) is 0 Å². The maximum absolute atomic E-state index is 3.94. The smallest absolute Gasteiger partial charge is 0.0671 e. The standard InChI is InChI=1S/C9H9N3/c1-2-10-8-4-3-5-9-7(8)6-11-12-9/h2-6,10H,1H2,(H,11,12). The van der Waals surface area contributed by atoms with E-state index in [2.05, 4.69) is 22.1 Å². The largest absolute Gasteiger partial charge is 0.362 e. The topological polar surface area (TPSA) is 40.7 Å². The van der Waals surface area contributed by atoms with E-state index in [1.54, 1.807) is 12.4 Å². The molecule has 2 rings (SSSR count). The number of benzene rings is 1. The second-order valence-electron chi connectivity index (χ2n) is 2.49. The number of anilines is 1. The van der Waals surface area contributed by atoms with Crippen LogP contribution in [0.5, 0.6) is 0 Å². The molecule has 0 spiro atoms. The number of hydrogen-bond acceptors (Lipinski definition) is 2. The minimum absolute atomic E-state index is 1.02. The van der Waals surface area contributed by atoms with Crippen molar-refractivity contribution in [3.63, 3.8) is 0 Å². The van der Waals surface area contributed by atoms with E-state index in [-0.39, 0.29) is 0 Å². The Morgan fingerprint density at radius 1 is 1.50 bits per heavy atom. The Balaban J connectivity index is 2.65. The molecule has 3 heteroatoms. The second-order valence-corrected chi connectivity index (χ2v) is 2.49. The van der Waals surface area contributed by atoms with Gasteiger partial charge in [-0.05, 0) is 18.3 Å². The third-order valence-electron chi connectivity index (χ3n) is 1.74. The predicted octanol–water partition coefficient (Wildman–Crippen LogP) is 2.12. The molecule has 0 atom stereocenters. The number of aromatic amines is 1. The fourth-order valence-corrected chi connectivity index (χ4v) is 1.20. The first-order chi connectivity index (χ1) is 5.92. The molecule has 12 heavy (non-hydrogen) atoms. The first kappa shape index (κ1) is 6.91. The quantitative estimate of drug-likeness (QED) is 0.704. The molecule has 0 unspecified atom stereocenters. The average molecular weight is 159 g/mol. The molecular formula is C9H9N3. The maximum atomic E-state index is 3.94. The third kappa shape index (κ3) is 0.955. The highest BCUT2D eigenvalue weighted by Gasteiger charge is 1.98. The molecule has 60 valence electrons. The zero-order chi connectivity index (χ0) is 8.39. The molecule has 1 aromatic carbocycles. The number of nitrogens with one attached hydrogen (secondary N) is 2. The SMILES string of the molecule is C=CNc1cccc2[nH]ncc12. The van der Waals surface area contributed by atoms with Gasteiger partial charge < -0.3 is 5.32 Å². The van der Waals surface area contributed by atoms with Gasteiger partial charge >= 0.3 is 0 Å². The molecule has 0 radical (unpaired) electrons. The van der Waals surface area contributed by atoms with Crippen LogP contribution in [0.25, 0.3) is 10.9 Å². The molecule has 2 N–H and O–H groups in total. The molecule has 2 aromatic rings. The van der Waals surface area contributed by atoms with Crippen molar-refractivity contribution in [1.29, 1.82) is 0 Å². The van der Waals surface area contributed by atoms with E-state index in [0.717, 1.165) is 16.6 Å². The number of fused-ring (bicyclic) bond motifs is 1. The lowest BCUT2D eigenvalue weighted by Crippen LogP contribution is -1.85. The predicted molar refractivity (Wildman–Crippen MR) is 49.9 cm³/mol. The summed E-state index contributed by atoms with van der Waals surface area (Å²) in [4.78, 5) is 0. The summed E-state index contributed by atoms with van der Waals surface area (Å²) < 4.78 is 0. The average Bonchev–Trinajstić information content (AvgIpc) is 2.53. The minimum Gasteiger partial charge on any atom is -0.362 e. The molecule has 1 heterocycles. The lowest BCUT2D eigenvalue weighted by atomic mass is 10.2. The Morgan fingerprint density at radius 2 is 2.42 bits per heavy atom. The lowest BCUT2D eigenvalue weighted by Gasteiger charge is -1.99. The Morgan fingerprint density at radius 3 is 3.25 bits per heavy atom. The monoisotopic (exact) mass is 159 g/mol. The van der Waals surface area contributed by atoms with Crippen LogP contribution in [0.2, 0.25) is 0 Å². The fourth-order valence-electron chi connectivity index (χ4n) is 1.20. The van der Waals surface area contributed by atoms with Crippen LogP contribution in [-0.4, -0.2) is 10.2 Å². The number of nitrogens with zero attached hydrogens (tertiary/aromatic N) is 1. The fraction of sp³-hybridized carbons (Fsp3) is 0. The highest BCUT2D eigenvalue weighted by Crippen LogP contribution is 2.20. The lowest BCUT2D eigenvalue weighted by molar-refractivity contribution is 1.12. The van der Waals surface area contributed by atoms with Crippen LogP contribution in [0, 0.1) is 0 Å². The summed E-state index contributed by atoms with van der Waals surface area (Å²) in [6.07, 6.45) is 3.45. The van der Waals surface area contributed by atoms with Crippen molar-refractivity contribution >= 4 is 16.6 Å². The Hall–Kier alpha value is -1.77. The van der Waals surface area contributed by atoms with E-state index in [9.17, 15) is 0 Å². The van der Waals surface area contributed by atoms with Gasteiger partial charge in [0.25, 0.3) is 0 Å². The molecule has 3 nitrogen and oxygen atoms in total. The summed E-state index contributed by atoms with van der Waals surface area (Å²) in [5.74, 6) is 0. The Labute approximate surface area is 70.1 Å². The first-order valence-electron chi connectivity index (χ1n) is 3.71. The molecule has 0 aliphatic carbocycles.